The molecule has 0 aromatic heterocycles. The number of hydrogen-bond donors (Lipinski definition) is 1. The third-order valence-corrected chi connectivity index (χ3v) is 3.09. The first kappa shape index (κ1) is 9.78. The molecule has 1 rings (SSSR count). The molecule has 2 unspecified atom stereocenters. The van der Waals surface area contributed by atoms with Crippen molar-refractivity contribution >= 4 is 17.3 Å². The minimum atomic E-state index is 0.536. The Morgan fingerprint density at radius 1 is 1.50 bits per heavy atom. The Hall–Kier alpha value is -0.310. The first-order chi connectivity index (χ1) is 5.61. The summed E-state index contributed by atoms with van der Waals surface area (Å²) in [5.74, 6) is 0.834. The van der Waals surface area contributed by atoms with E-state index in [1.807, 2.05) is 11.9 Å². The van der Waals surface area contributed by atoms with E-state index in [0.29, 0.717) is 11.2 Å². The highest BCUT2D eigenvalue weighted by Gasteiger charge is 2.22. The fraction of sp³-hybridized carbons (Fsp3) is 0.889. The monoisotopic (exact) mass is 186 g/mol. The maximum absolute atomic E-state index is 5.57. The van der Waals surface area contributed by atoms with Gasteiger partial charge in [0.15, 0.2) is 5.11 Å². The van der Waals surface area contributed by atoms with Crippen molar-refractivity contribution in [2.45, 2.75) is 38.6 Å². The standard InChI is InChI=1S/C9H18N2S/c1-7-4-3-5-8(6-7)11(2)9(10)12/h7-8H,3-6H2,1-2H3,(H2,10,12). The van der Waals surface area contributed by atoms with Gasteiger partial charge in [-0.05, 0) is 31.0 Å². The van der Waals surface area contributed by atoms with Crippen LogP contribution in [0.1, 0.15) is 32.6 Å². The Balaban J connectivity index is 2.45. The molecule has 3 heteroatoms. The van der Waals surface area contributed by atoms with Crippen LogP contribution in [0.15, 0.2) is 0 Å². The van der Waals surface area contributed by atoms with E-state index in [2.05, 4.69) is 6.92 Å². The van der Waals surface area contributed by atoms with Crippen molar-refractivity contribution in [1.29, 1.82) is 0 Å². The molecule has 0 saturated heterocycles. The van der Waals surface area contributed by atoms with Crippen LogP contribution in [-0.4, -0.2) is 23.1 Å². The molecule has 2 N–H and O–H groups in total. The summed E-state index contributed by atoms with van der Waals surface area (Å²) < 4.78 is 0. The molecule has 1 aliphatic rings. The van der Waals surface area contributed by atoms with Crippen molar-refractivity contribution in [3.8, 4) is 0 Å². The van der Waals surface area contributed by atoms with Gasteiger partial charge < -0.3 is 10.6 Å². The summed E-state index contributed by atoms with van der Waals surface area (Å²) in [6, 6.07) is 0.589. The lowest BCUT2D eigenvalue weighted by Crippen LogP contribution is -2.42. The minimum Gasteiger partial charge on any atom is -0.376 e. The third kappa shape index (κ3) is 2.34. The van der Waals surface area contributed by atoms with Gasteiger partial charge >= 0.3 is 0 Å². The SMILES string of the molecule is CC1CCCC(N(C)C(N)=S)C1. The van der Waals surface area contributed by atoms with Gasteiger partial charge in [0.25, 0.3) is 0 Å². The smallest absolute Gasteiger partial charge is 0.166 e. The number of thiocarbonyl (C=S) groups is 1. The zero-order valence-electron chi connectivity index (χ0n) is 7.92. The van der Waals surface area contributed by atoms with Gasteiger partial charge in [0.1, 0.15) is 0 Å². The molecule has 1 aliphatic carbocycles. The van der Waals surface area contributed by atoms with Gasteiger partial charge in [-0.2, -0.15) is 0 Å². The number of rotatable bonds is 1. The molecule has 0 heterocycles. The average Bonchev–Trinajstić information content (AvgIpc) is 2.03. The second-order valence-corrected chi connectivity index (χ2v) is 4.29. The highest BCUT2D eigenvalue weighted by Crippen LogP contribution is 2.26. The van der Waals surface area contributed by atoms with Gasteiger partial charge in [0.2, 0.25) is 0 Å². The summed E-state index contributed by atoms with van der Waals surface area (Å²) in [6.07, 6.45) is 5.17. The summed E-state index contributed by atoms with van der Waals surface area (Å²) in [4.78, 5) is 2.05. The van der Waals surface area contributed by atoms with Crippen LogP contribution in [0.3, 0.4) is 0 Å². The van der Waals surface area contributed by atoms with E-state index < -0.39 is 0 Å². The molecule has 1 fully saturated rings. The molecule has 0 aromatic carbocycles. The Morgan fingerprint density at radius 3 is 2.67 bits per heavy atom. The van der Waals surface area contributed by atoms with Crippen molar-refractivity contribution in [3.05, 3.63) is 0 Å². The van der Waals surface area contributed by atoms with E-state index >= 15 is 0 Å². The van der Waals surface area contributed by atoms with Crippen LogP contribution < -0.4 is 5.73 Å². The third-order valence-electron chi connectivity index (χ3n) is 2.80. The number of nitrogens with zero attached hydrogens (tertiary/aromatic N) is 1. The summed E-state index contributed by atoms with van der Waals surface area (Å²) >= 11 is 4.94. The maximum atomic E-state index is 5.57. The van der Waals surface area contributed by atoms with Crippen LogP contribution in [0.5, 0.6) is 0 Å². The van der Waals surface area contributed by atoms with Gasteiger partial charge in [-0.25, -0.2) is 0 Å². The summed E-state index contributed by atoms with van der Waals surface area (Å²) in [6.45, 7) is 2.31. The molecule has 0 aliphatic heterocycles. The normalized spacial score (nSPS) is 29.8. The molecule has 0 bridgehead atoms. The Bertz CT molecular complexity index is 170. The average molecular weight is 186 g/mol. The summed E-state index contributed by atoms with van der Waals surface area (Å²) in [5.41, 5.74) is 5.57. The van der Waals surface area contributed by atoms with Crippen molar-refractivity contribution in [2.75, 3.05) is 7.05 Å². The van der Waals surface area contributed by atoms with Crippen LogP contribution in [-0.2, 0) is 0 Å². The van der Waals surface area contributed by atoms with E-state index in [1.165, 1.54) is 25.7 Å². The minimum absolute atomic E-state index is 0.536. The summed E-state index contributed by atoms with van der Waals surface area (Å²) in [5, 5.41) is 0.536. The van der Waals surface area contributed by atoms with Crippen molar-refractivity contribution in [1.82, 2.24) is 4.90 Å². The highest BCUT2D eigenvalue weighted by molar-refractivity contribution is 7.80. The van der Waals surface area contributed by atoms with Gasteiger partial charge in [-0.15, -0.1) is 0 Å². The van der Waals surface area contributed by atoms with Crippen molar-refractivity contribution in [2.24, 2.45) is 11.7 Å². The van der Waals surface area contributed by atoms with E-state index in [0.717, 1.165) is 5.92 Å². The van der Waals surface area contributed by atoms with Crippen LogP contribution in [0.25, 0.3) is 0 Å². The molecule has 0 radical (unpaired) electrons. The van der Waals surface area contributed by atoms with Gasteiger partial charge in [0, 0.05) is 13.1 Å². The molecular weight excluding hydrogens is 168 g/mol. The van der Waals surface area contributed by atoms with Gasteiger partial charge in [0.05, 0.1) is 0 Å². The van der Waals surface area contributed by atoms with Crippen LogP contribution >= 0.6 is 12.2 Å². The fourth-order valence-electron chi connectivity index (χ4n) is 1.93. The van der Waals surface area contributed by atoms with E-state index in [4.69, 9.17) is 18.0 Å². The Kier molecular flexibility index (Phi) is 3.32. The number of nitrogens with two attached hydrogens (primary N) is 1. The van der Waals surface area contributed by atoms with Gasteiger partial charge in [-0.3, -0.25) is 0 Å². The number of hydrogen-bond acceptors (Lipinski definition) is 1. The van der Waals surface area contributed by atoms with Gasteiger partial charge in [-0.1, -0.05) is 19.8 Å². The largest absolute Gasteiger partial charge is 0.376 e. The lowest BCUT2D eigenvalue weighted by Gasteiger charge is -2.34. The van der Waals surface area contributed by atoms with Crippen molar-refractivity contribution in [3.63, 3.8) is 0 Å². The zero-order chi connectivity index (χ0) is 9.14. The predicted molar refractivity (Wildman–Crippen MR) is 56.0 cm³/mol. The molecular formula is C9H18N2S. The lowest BCUT2D eigenvalue weighted by molar-refractivity contribution is 0.233. The highest BCUT2D eigenvalue weighted by atomic mass is 32.1. The topological polar surface area (TPSA) is 29.3 Å². The quantitative estimate of drug-likeness (QED) is 0.633. The molecule has 0 spiro atoms. The Morgan fingerprint density at radius 2 is 2.17 bits per heavy atom. The predicted octanol–water partition coefficient (Wildman–Crippen LogP) is 1.74. The second-order valence-electron chi connectivity index (χ2n) is 3.87. The van der Waals surface area contributed by atoms with Crippen LogP contribution in [0.2, 0.25) is 0 Å². The van der Waals surface area contributed by atoms with E-state index in [-0.39, 0.29) is 0 Å². The first-order valence-electron chi connectivity index (χ1n) is 4.63. The second kappa shape index (κ2) is 4.08. The van der Waals surface area contributed by atoms with Crippen LogP contribution in [0, 0.1) is 5.92 Å². The molecule has 0 aromatic rings. The molecule has 12 heavy (non-hydrogen) atoms. The maximum Gasteiger partial charge on any atom is 0.166 e. The molecule has 2 nitrogen and oxygen atoms in total. The summed E-state index contributed by atoms with van der Waals surface area (Å²) in [7, 11) is 2.00. The molecule has 1 saturated carbocycles. The lowest BCUT2D eigenvalue weighted by atomic mass is 9.86. The first-order valence-corrected chi connectivity index (χ1v) is 5.04. The Labute approximate surface area is 80.1 Å². The van der Waals surface area contributed by atoms with Crippen molar-refractivity contribution < 1.29 is 0 Å². The van der Waals surface area contributed by atoms with E-state index in [1.54, 1.807) is 0 Å². The molecule has 2 atom stereocenters. The molecule has 70 valence electrons. The molecule has 0 amide bonds. The fourth-order valence-corrected chi connectivity index (χ4v) is 2.08. The van der Waals surface area contributed by atoms with E-state index in [9.17, 15) is 0 Å². The van der Waals surface area contributed by atoms with Crippen LogP contribution in [0.4, 0.5) is 0 Å². The zero-order valence-corrected chi connectivity index (χ0v) is 8.73.